The van der Waals surface area contributed by atoms with Crippen LogP contribution in [0.25, 0.3) is 22.3 Å². The molecule has 5 rings (SSSR count). The van der Waals surface area contributed by atoms with Crippen molar-refractivity contribution in [3.05, 3.63) is 85.0 Å². The predicted octanol–water partition coefficient (Wildman–Crippen LogP) is 4.08. The van der Waals surface area contributed by atoms with Gasteiger partial charge in [0.1, 0.15) is 6.33 Å². The van der Waals surface area contributed by atoms with E-state index in [1.165, 1.54) is 6.33 Å². The molecule has 35 heavy (non-hydrogen) atoms. The van der Waals surface area contributed by atoms with E-state index in [1.807, 2.05) is 54.4 Å². The summed E-state index contributed by atoms with van der Waals surface area (Å²) in [4.78, 5) is 39.3. The topological polar surface area (TPSA) is 88.0 Å². The first kappa shape index (κ1) is 22.6. The van der Waals surface area contributed by atoms with Crippen LogP contribution in [0.3, 0.4) is 0 Å². The van der Waals surface area contributed by atoms with E-state index in [2.05, 4.69) is 32.1 Å². The predicted molar refractivity (Wildman–Crippen MR) is 135 cm³/mol. The fourth-order valence-corrected chi connectivity index (χ4v) is 4.48. The highest BCUT2D eigenvalue weighted by Gasteiger charge is 2.29. The molecule has 1 fully saturated rings. The van der Waals surface area contributed by atoms with Gasteiger partial charge in [-0.05, 0) is 24.5 Å². The van der Waals surface area contributed by atoms with Crippen LogP contribution in [0.15, 0.2) is 73.7 Å². The number of hydrogen-bond donors (Lipinski definition) is 0. The van der Waals surface area contributed by atoms with Gasteiger partial charge >= 0.3 is 0 Å². The quantitative estimate of drug-likeness (QED) is 0.439. The first-order valence-corrected chi connectivity index (χ1v) is 11.7. The van der Waals surface area contributed by atoms with Crippen molar-refractivity contribution >= 4 is 11.9 Å². The Hall–Kier alpha value is -4.20. The van der Waals surface area contributed by atoms with E-state index >= 15 is 0 Å². The fourth-order valence-electron chi connectivity index (χ4n) is 4.48. The van der Waals surface area contributed by atoms with Crippen molar-refractivity contribution < 1.29 is 4.79 Å². The molecule has 0 unspecified atom stereocenters. The Kier molecular flexibility index (Phi) is 6.43. The van der Waals surface area contributed by atoms with E-state index < -0.39 is 0 Å². The second kappa shape index (κ2) is 9.97. The van der Waals surface area contributed by atoms with Crippen molar-refractivity contribution in [2.45, 2.75) is 18.8 Å². The minimum Gasteiger partial charge on any atom is -0.347 e. The van der Waals surface area contributed by atoms with Crippen LogP contribution in [0, 0.1) is 0 Å². The van der Waals surface area contributed by atoms with Crippen LogP contribution in [0.5, 0.6) is 0 Å². The van der Waals surface area contributed by atoms with Gasteiger partial charge in [-0.25, -0.2) is 19.9 Å². The normalized spacial score (nSPS) is 15.6. The zero-order valence-corrected chi connectivity index (χ0v) is 19.9. The van der Waals surface area contributed by atoms with Crippen LogP contribution in [0.1, 0.15) is 34.8 Å². The molecule has 1 aliphatic heterocycles. The molecule has 8 nitrogen and oxygen atoms in total. The molecule has 1 aliphatic rings. The van der Waals surface area contributed by atoms with Gasteiger partial charge in [0.15, 0.2) is 0 Å². The minimum atomic E-state index is -0.0240. The molecule has 8 heteroatoms. The minimum absolute atomic E-state index is 0.0240. The molecular formula is C27H27N7O. The molecule has 1 saturated heterocycles. The number of likely N-dealkylation sites (tertiary alicyclic amines) is 1. The Morgan fingerprint density at radius 1 is 0.943 bits per heavy atom. The van der Waals surface area contributed by atoms with E-state index in [1.54, 1.807) is 24.8 Å². The lowest BCUT2D eigenvalue weighted by atomic mass is 9.89. The van der Waals surface area contributed by atoms with Gasteiger partial charge in [-0.2, -0.15) is 0 Å². The number of pyridine rings is 1. The smallest absolute Gasteiger partial charge is 0.255 e. The highest BCUT2D eigenvalue weighted by molar-refractivity contribution is 5.95. The number of hydrogen-bond acceptors (Lipinski definition) is 7. The summed E-state index contributed by atoms with van der Waals surface area (Å²) in [6, 6.07) is 12.1. The number of nitrogens with zero attached hydrogens (tertiary/aromatic N) is 7. The van der Waals surface area contributed by atoms with Gasteiger partial charge < -0.3 is 9.80 Å². The lowest BCUT2D eigenvalue weighted by Gasteiger charge is -2.33. The maximum Gasteiger partial charge on any atom is 0.255 e. The summed E-state index contributed by atoms with van der Waals surface area (Å²) in [6.45, 7) is 1.31. The van der Waals surface area contributed by atoms with Crippen molar-refractivity contribution in [1.82, 2.24) is 29.8 Å². The molecule has 4 aromatic rings. The lowest BCUT2D eigenvalue weighted by molar-refractivity contribution is 0.0705. The number of carbonyl (C=O) groups excluding carboxylic acids is 1. The standard InChI is InChI=1S/C27H27N7O/c1-33(2)27-31-16-24(19-7-4-3-5-8-19)25(32-27)20-9-6-10-34(17-20)26(35)22-11-21(12-28-13-22)23-14-29-18-30-15-23/h3-5,7-8,11-16,18,20H,6,9-10,17H2,1-2H3/t20-/m0/s1. The Balaban J connectivity index is 1.44. The van der Waals surface area contributed by atoms with Gasteiger partial charge in [-0.3, -0.25) is 9.78 Å². The molecule has 4 heterocycles. The maximum atomic E-state index is 13.5. The molecular weight excluding hydrogens is 438 g/mol. The lowest BCUT2D eigenvalue weighted by Crippen LogP contribution is -2.39. The van der Waals surface area contributed by atoms with Crippen molar-refractivity contribution in [1.29, 1.82) is 0 Å². The van der Waals surface area contributed by atoms with Crippen LogP contribution in [-0.4, -0.2) is 62.9 Å². The van der Waals surface area contributed by atoms with Gasteiger partial charge in [0.25, 0.3) is 5.91 Å². The van der Waals surface area contributed by atoms with E-state index in [4.69, 9.17) is 4.98 Å². The van der Waals surface area contributed by atoms with Crippen molar-refractivity contribution in [3.8, 4) is 22.3 Å². The van der Waals surface area contributed by atoms with Gasteiger partial charge in [-0.15, -0.1) is 0 Å². The Bertz CT molecular complexity index is 1310. The van der Waals surface area contributed by atoms with E-state index in [0.717, 1.165) is 40.8 Å². The monoisotopic (exact) mass is 465 g/mol. The molecule has 3 aromatic heterocycles. The van der Waals surface area contributed by atoms with Crippen LogP contribution >= 0.6 is 0 Å². The third-order valence-electron chi connectivity index (χ3n) is 6.26. The Labute approximate surface area is 204 Å². The number of rotatable bonds is 5. The molecule has 0 saturated carbocycles. The van der Waals surface area contributed by atoms with E-state index in [-0.39, 0.29) is 11.8 Å². The highest BCUT2D eigenvalue weighted by atomic mass is 16.2. The summed E-state index contributed by atoms with van der Waals surface area (Å²) in [6.07, 6.45) is 12.1. The summed E-state index contributed by atoms with van der Waals surface area (Å²) in [5.74, 6) is 0.762. The summed E-state index contributed by atoms with van der Waals surface area (Å²) >= 11 is 0. The van der Waals surface area contributed by atoms with Crippen LogP contribution in [0.2, 0.25) is 0 Å². The first-order valence-electron chi connectivity index (χ1n) is 11.7. The molecule has 1 aromatic carbocycles. The molecule has 0 spiro atoms. The molecule has 0 bridgehead atoms. The summed E-state index contributed by atoms with van der Waals surface area (Å²) in [5, 5.41) is 0. The highest BCUT2D eigenvalue weighted by Crippen LogP contribution is 2.34. The van der Waals surface area contributed by atoms with Crippen LogP contribution < -0.4 is 4.90 Å². The maximum absolute atomic E-state index is 13.5. The number of aromatic nitrogens is 5. The van der Waals surface area contributed by atoms with Crippen molar-refractivity contribution in [2.75, 3.05) is 32.1 Å². The zero-order valence-electron chi connectivity index (χ0n) is 19.9. The number of anilines is 1. The summed E-state index contributed by atoms with van der Waals surface area (Å²) in [7, 11) is 3.88. The van der Waals surface area contributed by atoms with E-state index in [9.17, 15) is 4.79 Å². The molecule has 1 atom stereocenters. The largest absolute Gasteiger partial charge is 0.347 e. The fraction of sp³-hybridized carbons (Fsp3) is 0.259. The number of amides is 1. The number of benzene rings is 1. The van der Waals surface area contributed by atoms with Crippen LogP contribution in [0.4, 0.5) is 5.95 Å². The van der Waals surface area contributed by atoms with Crippen molar-refractivity contribution in [2.24, 2.45) is 0 Å². The zero-order chi connectivity index (χ0) is 24.2. The average Bonchev–Trinajstić information content (AvgIpc) is 2.93. The Morgan fingerprint density at radius 2 is 1.71 bits per heavy atom. The second-order valence-corrected chi connectivity index (χ2v) is 8.91. The second-order valence-electron chi connectivity index (χ2n) is 8.91. The van der Waals surface area contributed by atoms with Gasteiger partial charge in [0, 0.05) is 80.8 Å². The van der Waals surface area contributed by atoms with E-state index in [0.29, 0.717) is 24.6 Å². The van der Waals surface area contributed by atoms with Gasteiger partial charge in [-0.1, -0.05) is 30.3 Å². The third kappa shape index (κ3) is 4.87. The van der Waals surface area contributed by atoms with Gasteiger partial charge in [0.05, 0.1) is 11.3 Å². The average molecular weight is 466 g/mol. The number of piperidine rings is 1. The molecule has 0 aliphatic carbocycles. The molecule has 0 radical (unpaired) electrons. The SMILES string of the molecule is CN(C)c1ncc(-c2ccccc2)c([C@H]2CCCN(C(=O)c3cncc(-c4cncnc4)c3)C2)n1. The summed E-state index contributed by atoms with van der Waals surface area (Å²) < 4.78 is 0. The molecule has 176 valence electrons. The third-order valence-corrected chi connectivity index (χ3v) is 6.26. The Morgan fingerprint density at radius 3 is 2.49 bits per heavy atom. The van der Waals surface area contributed by atoms with Crippen LogP contribution in [-0.2, 0) is 0 Å². The summed E-state index contributed by atoms with van der Waals surface area (Å²) in [5.41, 5.74) is 5.30. The molecule has 0 N–H and O–H groups in total. The first-order chi connectivity index (χ1) is 17.1. The molecule has 1 amide bonds. The van der Waals surface area contributed by atoms with Crippen molar-refractivity contribution in [3.63, 3.8) is 0 Å². The van der Waals surface area contributed by atoms with Gasteiger partial charge in [0.2, 0.25) is 5.95 Å². The number of carbonyl (C=O) groups is 1.